The van der Waals surface area contributed by atoms with Crippen LogP contribution in [0.2, 0.25) is 5.02 Å². The zero-order chi connectivity index (χ0) is 17.6. The van der Waals surface area contributed by atoms with Crippen LogP contribution >= 0.6 is 11.6 Å². The predicted molar refractivity (Wildman–Crippen MR) is 97.5 cm³/mol. The molecule has 3 fully saturated rings. The number of carbonyl (C=O) groups excluding carboxylic acids is 1. The van der Waals surface area contributed by atoms with Gasteiger partial charge >= 0.3 is 0 Å². The number of rotatable bonds is 3. The third-order valence-corrected chi connectivity index (χ3v) is 7.72. The van der Waals surface area contributed by atoms with E-state index in [1.54, 1.807) is 0 Å². The molecule has 1 aromatic rings. The fourth-order valence-electron chi connectivity index (χ4n) is 4.18. The lowest BCUT2D eigenvalue weighted by molar-refractivity contribution is -0.134. The molecule has 2 aliphatic heterocycles. The van der Waals surface area contributed by atoms with Crippen LogP contribution in [-0.2, 0) is 14.6 Å². The van der Waals surface area contributed by atoms with E-state index in [1.807, 2.05) is 29.2 Å². The molecule has 2 heterocycles. The van der Waals surface area contributed by atoms with Crippen molar-refractivity contribution in [1.29, 1.82) is 0 Å². The van der Waals surface area contributed by atoms with Gasteiger partial charge in [0, 0.05) is 43.2 Å². The molecule has 0 spiro atoms. The molecule has 0 N–H and O–H groups in total. The fourth-order valence-corrected chi connectivity index (χ4v) is 6.14. The van der Waals surface area contributed by atoms with E-state index in [0.717, 1.165) is 36.5 Å². The van der Waals surface area contributed by atoms with Gasteiger partial charge < -0.3 is 4.90 Å². The summed E-state index contributed by atoms with van der Waals surface area (Å²) in [7, 11) is -2.85. The maximum absolute atomic E-state index is 12.7. The maximum atomic E-state index is 12.7. The molecule has 4 rings (SSSR count). The van der Waals surface area contributed by atoms with E-state index in [2.05, 4.69) is 4.90 Å². The van der Waals surface area contributed by atoms with Crippen LogP contribution in [0.4, 0.5) is 0 Å². The molecule has 25 heavy (non-hydrogen) atoms. The SMILES string of the molecule is O=C(C1CC1c1cccc(Cl)c1)N1CCN(C2CCS(=O)(=O)C2)CC1. The Hall–Kier alpha value is -1.11. The van der Waals surface area contributed by atoms with Gasteiger partial charge in [-0.3, -0.25) is 9.69 Å². The van der Waals surface area contributed by atoms with E-state index in [9.17, 15) is 13.2 Å². The Bertz CT molecular complexity index is 774. The molecule has 1 saturated carbocycles. The number of hydrogen-bond acceptors (Lipinski definition) is 4. The zero-order valence-electron chi connectivity index (χ0n) is 14.1. The Kier molecular flexibility index (Phi) is 4.54. The standard InChI is InChI=1S/C18H23ClN2O3S/c19-14-3-1-2-13(10-14)16-11-17(16)18(22)21-7-5-20(6-8-21)15-4-9-25(23,24)12-15/h1-3,10,15-17H,4-9,11-12H2. The maximum Gasteiger partial charge on any atom is 0.226 e. The first kappa shape index (κ1) is 17.3. The topological polar surface area (TPSA) is 57.7 Å². The monoisotopic (exact) mass is 382 g/mol. The molecule has 0 aromatic heterocycles. The number of halogens is 1. The van der Waals surface area contributed by atoms with Crippen molar-refractivity contribution in [2.75, 3.05) is 37.7 Å². The second kappa shape index (κ2) is 6.56. The summed E-state index contributed by atoms with van der Waals surface area (Å²) < 4.78 is 23.3. The van der Waals surface area contributed by atoms with Crippen LogP contribution in [0.25, 0.3) is 0 Å². The lowest BCUT2D eigenvalue weighted by atomic mass is 10.1. The van der Waals surface area contributed by atoms with Crippen molar-refractivity contribution < 1.29 is 13.2 Å². The number of nitrogens with zero attached hydrogens (tertiary/aromatic N) is 2. The molecule has 3 aliphatic rings. The van der Waals surface area contributed by atoms with Crippen LogP contribution < -0.4 is 0 Å². The van der Waals surface area contributed by atoms with Crippen LogP contribution in [0.5, 0.6) is 0 Å². The molecule has 7 heteroatoms. The number of hydrogen-bond donors (Lipinski definition) is 0. The van der Waals surface area contributed by atoms with E-state index in [4.69, 9.17) is 11.6 Å². The van der Waals surface area contributed by atoms with Crippen molar-refractivity contribution in [1.82, 2.24) is 9.80 Å². The summed E-state index contributed by atoms with van der Waals surface area (Å²) in [5, 5.41) is 0.718. The van der Waals surface area contributed by atoms with Gasteiger partial charge in [0.2, 0.25) is 5.91 Å². The van der Waals surface area contributed by atoms with Crippen LogP contribution in [0.1, 0.15) is 24.3 Å². The first-order valence-electron chi connectivity index (χ1n) is 8.92. The highest BCUT2D eigenvalue weighted by Gasteiger charge is 2.46. The number of amides is 1. The molecule has 2 saturated heterocycles. The highest BCUT2D eigenvalue weighted by atomic mass is 35.5. The average Bonchev–Trinajstić information content (AvgIpc) is 3.31. The molecule has 3 unspecified atom stereocenters. The van der Waals surface area contributed by atoms with Gasteiger partial charge in [-0.15, -0.1) is 0 Å². The van der Waals surface area contributed by atoms with Crippen molar-refractivity contribution >= 4 is 27.3 Å². The summed E-state index contributed by atoms with van der Waals surface area (Å²) in [6, 6.07) is 7.93. The highest BCUT2D eigenvalue weighted by molar-refractivity contribution is 7.91. The molecule has 5 nitrogen and oxygen atoms in total. The Morgan fingerprint density at radius 3 is 2.56 bits per heavy atom. The third kappa shape index (κ3) is 3.71. The van der Waals surface area contributed by atoms with Gasteiger partial charge in [0.15, 0.2) is 9.84 Å². The summed E-state index contributed by atoms with van der Waals surface area (Å²) >= 11 is 6.05. The van der Waals surface area contributed by atoms with E-state index < -0.39 is 9.84 Å². The first-order chi connectivity index (χ1) is 11.9. The minimum absolute atomic E-state index is 0.0804. The Morgan fingerprint density at radius 1 is 1.16 bits per heavy atom. The van der Waals surface area contributed by atoms with Gasteiger partial charge in [-0.2, -0.15) is 0 Å². The van der Waals surface area contributed by atoms with Crippen LogP contribution in [-0.4, -0.2) is 67.9 Å². The van der Waals surface area contributed by atoms with Crippen molar-refractivity contribution in [2.45, 2.75) is 24.8 Å². The van der Waals surface area contributed by atoms with Gasteiger partial charge in [0.05, 0.1) is 11.5 Å². The highest BCUT2D eigenvalue weighted by Crippen LogP contribution is 2.49. The molecule has 1 aliphatic carbocycles. The fraction of sp³-hybridized carbons (Fsp3) is 0.611. The summed E-state index contributed by atoms with van der Waals surface area (Å²) in [5.74, 6) is 1.20. The average molecular weight is 383 g/mol. The summed E-state index contributed by atoms with van der Waals surface area (Å²) in [4.78, 5) is 16.9. The minimum atomic E-state index is -2.85. The van der Waals surface area contributed by atoms with E-state index in [1.165, 1.54) is 0 Å². The van der Waals surface area contributed by atoms with Gasteiger partial charge in [0.25, 0.3) is 0 Å². The van der Waals surface area contributed by atoms with Gasteiger partial charge in [0.1, 0.15) is 0 Å². The van der Waals surface area contributed by atoms with E-state index in [-0.39, 0.29) is 23.6 Å². The molecular formula is C18H23ClN2O3S. The normalized spacial score (nSPS) is 31.9. The number of sulfone groups is 1. The van der Waals surface area contributed by atoms with Gasteiger partial charge in [-0.25, -0.2) is 8.42 Å². The number of piperazine rings is 1. The lowest BCUT2D eigenvalue weighted by Crippen LogP contribution is -2.52. The van der Waals surface area contributed by atoms with Crippen LogP contribution in [0.15, 0.2) is 24.3 Å². The number of benzene rings is 1. The van der Waals surface area contributed by atoms with Crippen LogP contribution in [0, 0.1) is 5.92 Å². The van der Waals surface area contributed by atoms with E-state index >= 15 is 0 Å². The largest absolute Gasteiger partial charge is 0.340 e. The molecule has 136 valence electrons. The Labute approximate surface area is 153 Å². The molecule has 1 amide bonds. The van der Waals surface area contributed by atoms with E-state index in [0.29, 0.717) is 24.8 Å². The lowest BCUT2D eigenvalue weighted by Gasteiger charge is -2.37. The quantitative estimate of drug-likeness (QED) is 0.799. The molecule has 3 atom stereocenters. The summed E-state index contributed by atoms with van der Waals surface area (Å²) in [6.45, 7) is 2.96. The predicted octanol–water partition coefficient (Wildman–Crippen LogP) is 1.77. The third-order valence-electron chi connectivity index (χ3n) is 5.74. The second-order valence-electron chi connectivity index (χ2n) is 7.42. The first-order valence-corrected chi connectivity index (χ1v) is 11.1. The van der Waals surface area contributed by atoms with Gasteiger partial charge in [-0.1, -0.05) is 23.7 Å². The molecule has 0 radical (unpaired) electrons. The van der Waals surface area contributed by atoms with Crippen molar-refractivity contribution in [3.05, 3.63) is 34.9 Å². The molecule has 1 aromatic carbocycles. The number of carbonyl (C=O) groups is 1. The smallest absolute Gasteiger partial charge is 0.226 e. The minimum Gasteiger partial charge on any atom is -0.340 e. The Morgan fingerprint density at radius 2 is 1.92 bits per heavy atom. The van der Waals surface area contributed by atoms with Gasteiger partial charge in [-0.05, 0) is 36.5 Å². The summed E-state index contributed by atoms with van der Waals surface area (Å²) in [6.07, 6.45) is 1.63. The van der Waals surface area contributed by atoms with Crippen molar-refractivity contribution in [3.63, 3.8) is 0 Å². The van der Waals surface area contributed by atoms with Crippen molar-refractivity contribution in [2.24, 2.45) is 5.92 Å². The summed E-state index contributed by atoms with van der Waals surface area (Å²) in [5.41, 5.74) is 1.15. The Balaban J connectivity index is 1.31. The van der Waals surface area contributed by atoms with Crippen LogP contribution in [0.3, 0.4) is 0 Å². The second-order valence-corrected chi connectivity index (χ2v) is 10.1. The molecule has 0 bridgehead atoms. The zero-order valence-corrected chi connectivity index (χ0v) is 15.7. The van der Waals surface area contributed by atoms with Crippen molar-refractivity contribution in [3.8, 4) is 0 Å². The molecular weight excluding hydrogens is 360 g/mol.